The van der Waals surface area contributed by atoms with Crippen molar-refractivity contribution in [3.63, 3.8) is 0 Å². The minimum atomic E-state index is -0.683. The Bertz CT molecular complexity index is 1130. The van der Waals surface area contributed by atoms with Gasteiger partial charge >= 0.3 is 0 Å². The number of hydrogen-bond acceptors (Lipinski definition) is 3. The van der Waals surface area contributed by atoms with Gasteiger partial charge in [-0.3, -0.25) is 9.59 Å². The van der Waals surface area contributed by atoms with E-state index in [1.54, 1.807) is 4.90 Å². The Kier molecular flexibility index (Phi) is 10.1. The number of rotatable bonds is 11. The maximum atomic E-state index is 13.6. The molecule has 0 fully saturated rings. The summed E-state index contributed by atoms with van der Waals surface area (Å²) in [5.74, 6) is 0.550. The molecule has 3 rings (SSSR count). The lowest BCUT2D eigenvalue weighted by molar-refractivity contribution is -0.143. The van der Waals surface area contributed by atoms with Gasteiger partial charge in [-0.05, 0) is 64.5 Å². The van der Waals surface area contributed by atoms with Crippen molar-refractivity contribution in [1.29, 1.82) is 0 Å². The fraction of sp³-hybridized carbons (Fsp3) is 0.333. The van der Waals surface area contributed by atoms with Crippen LogP contribution in [0.5, 0.6) is 5.75 Å². The summed E-state index contributed by atoms with van der Waals surface area (Å²) in [4.78, 5) is 28.6. The minimum absolute atomic E-state index is 0.0453. The Hall–Kier alpha value is -3.12. The number of carbonyl (C=O) groups is 2. The molecule has 0 radical (unpaired) electrons. The fourth-order valence-electron chi connectivity index (χ4n) is 3.93. The molecule has 0 saturated heterocycles. The average molecular weight is 552 g/mol. The molecule has 0 aliphatic heterocycles. The van der Waals surface area contributed by atoms with E-state index in [2.05, 4.69) is 35.1 Å². The summed E-state index contributed by atoms with van der Waals surface area (Å²) in [6.45, 7) is 8.22. The van der Waals surface area contributed by atoms with Crippen LogP contribution in [0.4, 0.5) is 0 Å². The van der Waals surface area contributed by atoms with Crippen LogP contribution in [-0.4, -0.2) is 35.4 Å². The molecule has 36 heavy (non-hydrogen) atoms. The van der Waals surface area contributed by atoms with E-state index in [1.165, 1.54) is 5.56 Å². The number of benzene rings is 3. The molecule has 0 aliphatic rings. The molecule has 2 amide bonds. The van der Waals surface area contributed by atoms with Crippen molar-refractivity contribution in [2.24, 2.45) is 0 Å². The number of nitrogens with zero attached hydrogens (tertiary/aromatic N) is 1. The molecule has 0 spiro atoms. The van der Waals surface area contributed by atoms with Gasteiger partial charge in [0.1, 0.15) is 11.8 Å². The molecule has 0 heterocycles. The molecule has 0 unspecified atom stereocenters. The molecule has 190 valence electrons. The van der Waals surface area contributed by atoms with Crippen molar-refractivity contribution in [3.8, 4) is 5.75 Å². The molecular weight excluding hydrogens is 516 g/mol. The third-order valence-corrected chi connectivity index (χ3v) is 6.49. The normalized spacial score (nSPS) is 11.9. The van der Waals surface area contributed by atoms with E-state index >= 15 is 0 Å². The highest BCUT2D eigenvalue weighted by atomic mass is 79.9. The van der Waals surface area contributed by atoms with Crippen LogP contribution in [0.2, 0.25) is 0 Å². The number of hydrogen-bond donors (Lipinski definition) is 1. The smallest absolute Gasteiger partial charge is 0.261 e. The van der Waals surface area contributed by atoms with Gasteiger partial charge < -0.3 is 15.0 Å². The third-order valence-electron chi connectivity index (χ3n) is 5.87. The Labute approximate surface area is 223 Å². The van der Waals surface area contributed by atoms with E-state index in [4.69, 9.17) is 4.74 Å². The first-order chi connectivity index (χ1) is 17.2. The van der Waals surface area contributed by atoms with Crippen molar-refractivity contribution in [2.45, 2.75) is 58.7 Å². The van der Waals surface area contributed by atoms with Crippen LogP contribution in [0.3, 0.4) is 0 Å². The second kappa shape index (κ2) is 13.3. The van der Waals surface area contributed by atoms with Crippen LogP contribution < -0.4 is 10.1 Å². The molecule has 0 bridgehead atoms. The van der Waals surface area contributed by atoms with Gasteiger partial charge in [0.05, 0.1) is 4.47 Å². The third kappa shape index (κ3) is 7.95. The molecule has 0 aliphatic carbocycles. The highest BCUT2D eigenvalue weighted by Crippen LogP contribution is 2.29. The van der Waals surface area contributed by atoms with Crippen LogP contribution in [-0.2, 0) is 22.6 Å². The quantitative estimate of drug-likeness (QED) is 0.313. The van der Waals surface area contributed by atoms with E-state index in [-0.39, 0.29) is 24.5 Å². The summed E-state index contributed by atoms with van der Waals surface area (Å²) >= 11 is 3.57. The fourth-order valence-corrected chi connectivity index (χ4v) is 4.44. The minimum Gasteiger partial charge on any atom is -0.483 e. The van der Waals surface area contributed by atoms with Crippen molar-refractivity contribution >= 4 is 27.7 Å². The standard InChI is InChI=1S/C30H35BrN2O3/c1-21(2)25-15-16-28(26(31)18-25)36-20-29(34)33(19-24-13-9-6-10-14-24)27(30(35)32-22(3)4)17-23-11-7-5-8-12-23/h5-16,18,21-22,27H,17,19-20H2,1-4H3,(H,32,35)/t27-/m0/s1. The number of nitrogens with one attached hydrogen (secondary N) is 1. The van der Waals surface area contributed by atoms with Crippen molar-refractivity contribution < 1.29 is 14.3 Å². The lowest BCUT2D eigenvalue weighted by Crippen LogP contribution is -2.52. The van der Waals surface area contributed by atoms with E-state index in [9.17, 15) is 9.59 Å². The molecule has 3 aromatic carbocycles. The van der Waals surface area contributed by atoms with Gasteiger partial charge in [0.2, 0.25) is 5.91 Å². The maximum absolute atomic E-state index is 13.6. The number of halogens is 1. The van der Waals surface area contributed by atoms with Gasteiger partial charge in [-0.15, -0.1) is 0 Å². The summed E-state index contributed by atoms with van der Waals surface area (Å²) in [6, 6.07) is 24.7. The van der Waals surface area contributed by atoms with Crippen LogP contribution in [0.25, 0.3) is 0 Å². The number of carbonyl (C=O) groups excluding carboxylic acids is 2. The predicted molar refractivity (Wildman–Crippen MR) is 148 cm³/mol. The highest BCUT2D eigenvalue weighted by Gasteiger charge is 2.31. The average Bonchev–Trinajstić information content (AvgIpc) is 2.86. The van der Waals surface area contributed by atoms with Gasteiger partial charge in [0.15, 0.2) is 6.61 Å². The lowest BCUT2D eigenvalue weighted by Gasteiger charge is -2.32. The van der Waals surface area contributed by atoms with Crippen LogP contribution in [0, 0.1) is 0 Å². The summed E-state index contributed by atoms with van der Waals surface area (Å²) in [5.41, 5.74) is 3.11. The molecule has 0 saturated carbocycles. The van der Waals surface area contributed by atoms with Crippen LogP contribution >= 0.6 is 15.9 Å². The zero-order valence-corrected chi connectivity index (χ0v) is 23.0. The monoisotopic (exact) mass is 550 g/mol. The van der Waals surface area contributed by atoms with E-state index in [0.29, 0.717) is 24.6 Å². The molecule has 6 heteroatoms. The summed E-state index contributed by atoms with van der Waals surface area (Å²) in [6.07, 6.45) is 0.407. The van der Waals surface area contributed by atoms with Gasteiger partial charge in [0, 0.05) is 19.0 Å². The number of ether oxygens (including phenoxy) is 1. The van der Waals surface area contributed by atoms with Crippen LogP contribution in [0.1, 0.15) is 50.3 Å². The summed E-state index contributed by atoms with van der Waals surface area (Å²) < 4.78 is 6.74. The van der Waals surface area contributed by atoms with Gasteiger partial charge in [-0.1, -0.05) is 80.6 Å². The topological polar surface area (TPSA) is 58.6 Å². The molecule has 1 atom stereocenters. The predicted octanol–water partition coefficient (Wildman–Crippen LogP) is 6.12. The molecule has 3 aromatic rings. The first kappa shape index (κ1) is 27.5. The Morgan fingerprint density at radius 2 is 1.50 bits per heavy atom. The summed E-state index contributed by atoms with van der Waals surface area (Å²) in [7, 11) is 0. The Morgan fingerprint density at radius 3 is 2.06 bits per heavy atom. The van der Waals surface area contributed by atoms with Gasteiger partial charge in [0.25, 0.3) is 5.91 Å². The van der Waals surface area contributed by atoms with E-state index in [0.717, 1.165) is 15.6 Å². The second-order valence-electron chi connectivity index (χ2n) is 9.51. The van der Waals surface area contributed by atoms with Crippen molar-refractivity contribution in [1.82, 2.24) is 10.2 Å². The lowest BCUT2D eigenvalue weighted by atomic mass is 10.0. The first-order valence-electron chi connectivity index (χ1n) is 12.3. The van der Waals surface area contributed by atoms with Crippen LogP contribution in [0.15, 0.2) is 83.3 Å². The maximum Gasteiger partial charge on any atom is 0.261 e. The molecular formula is C30H35BrN2O3. The van der Waals surface area contributed by atoms with E-state index < -0.39 is 6.04 Å². The first-order valence-corrected chi connectivity index (χ1v) is 13.1. The van der Waals surface area contributed by atoms with Gasteiger partial charge in [-0.2, -0.15) is 0 Å². The second-order valence-corrected chi connectivity index (χ2v) is 10.4. The van der Waals surface area contributed by atoms with E-state index in [1.807, 2.05) is 92.7 Å². The van der Waals surface area contributed by atoms with Gasteiger partial charge in [-0.25, -0.2) is 0 Å². The van der Waals surface area contributed by atoms with Crippen molar-refractivity contribution in [2.75, 3.05) is 6.61 Å². The highest BCUT2D eigenvalue weighted by molar-refractivity contribution is 9.10. The summed E-state index contributed by atoms with van der Waals surface area (Å²) in [5, 5.41) is 3.00. The Balaban J connectivity index is 1.88. The zero-order chi connectivity index (χ0) is 26.1. The number of amides is 2. The zero-order valence-electron chi connectivity index (χ0n) is 21.4. The van der Waals surface area contributed by atoms with Crippen molar-refractivity contribution in [3.05, 3.63) is 100 Å². The molecule has 0 aromatic heterocycles. The SMILES string of the molecule is CC(C)NC(=O)[C@H](Cc1ccccc1)N(Cc1ccccc1)C(=O)COc1ccc(C(C)C)cc1Br. The largest absolute Gasteiger partial charge is 0.483 e. The Morgan fingerprint density at radius 1 is 0.889 bits per heavy atom. The molecule has 1 N–H and O–H groups in total. The molecule has 5 nitrogen and oxygen atoms in total.